The van der Waals surface area contributed by atoms with Gasteiger partial charge in [0.25, 0.3) is 0 Å². The van der Waals surface area contributed by atoms with E-state index in [0.29, 0.717) is 11.0 Å². The second kappa shape index (κ2) is 5.67. The number of nitrogens with one attached hydrogen (secondary N) is 1. The van der Waals surface area contributed by atoms with Crippen LogP contribution in [0.3, 0.4) is 0 Å². The van der Waals surface area contributed by atoms with E-state index in [4.69, 9.17) is 11.6 Å². The molecule has 0 unspecified atom stereocenters. The lowest BCUT2D eigenvalue weighted by molar-refractivity contribution is 0.930. The first-order valence-corrected chi connectivity index (χ1v) is 7.21. The lowest BCUT2D eigenvalue weighted by Crippen LogP contribution is -2.19. The molecule has 1 aromatic carbocycles. The minimum absolute atomic E-state index is 0.611. The average molecular weight is 289 g/mol. The molecule has 4 nitrogen and oxygen atoms in total. The van der Waals surface area contributed by atoms with E-state index in [0.717, 1.165) is 30.2 Å². The Kier molecular flexibility index (Phi) is 3.74. The summed E-state index contributed by atoms with van der Waals surface area (Å²) >= 11 is 6.03. The van der Waals surface area contributed by atoms with Gasteiger partial charge in [-0.2, -0.15) is 4.98 Å². The predicted molar refractivity (Wildman–Crippen MR) is 83.0 cm³/mol. The molecule has 3 rings (SSSR count). The molecule has 5 heteroatoms. The minimum atomic E-state index is 0.611. The van der Waals surface area contributed by atoms with Gasteiger partial charge in [-0.1, -0.05) is 17.7 Å². The molecule has 0 amide bonds. The molecule has 0 aliphatic carbocycles. The van der Waals surface area contributed by atoms with E-state index in [1.807, 2.05) is 31.2 Å². The van der Waals surface area contributed by atoms with Gasteiger partial charge in [0.2, 0.25) is 5.95 Å². The summed E-state index contributed by atoms with van der Waals surface area (Å²) in [5, 5.41) is 3.95. The number of hydrogen-bond donors (Lipinski definition) is 1. The molecule has 104 valence electrons. The van der Waals surface area contributed by atoms with Crippen molar-refractivity contribution in [3.05, 3.63) is 41.0 Å². The Bertz CT molecular complexity index is 609. The van der Waals surface area contributed by atoms with Crippen LogP contribution in [0.1, 0.15) is 18.4 Å². The Morgan fingerprint density at radius 3 is 2.80 bits per heavy atom. The van der Waals surface area contributed by atoms with Crippen LogP contribution in [-0.4, -0.2) is 23.1 Å². The van der Waals surface area contributed by atoms with Crippen LogP contribution in [0.4, 0.5) is 17.5 Å². The van der Waals surface area contributed by atoms with Crippen LogP contribution in [0, 0.1) is 6.92 Å². The zero-order valence-electron chi connectivity index (χ0n) is 11.4. The first-order chi connectivity index (χ1) is 9.72. The fourth-order valence-corrected chi connectivity index (χ4v) is 2.55. The molecule has 2 heterocycles. The van der Waals surface area contributed by atoms with Gasteiger partial charge in [-0.15, -0.1) is 0 Å². The Hall–Kier alpha value is -1.81. The van der Waals surface area contributed by atoms with E-state index in [9.17, 15) is 0 Å². The van der Waals surface area contributed by atoms with Crippen LogP contribution in [0.2, 0.25) is 5.02 Å². The van der Waals surface area contributed by atoms with Gasteiger partial charge in [0, 0.05) is 30.0 Å². The van der Waals surface area contributed by atoms with Gasteiger partial charge in [-0.05, 0) is 43.5 Å². The maximum atomic E-state index is 6.03. The van der Waals surface area contributed by atoms with Crippen molar-refractivity contribution in [1.82, 2.24) is 9.97 Å². The Morgan fingerprint density at radius 1 is 1.20 bits per heavy atom. The predicted octanol–water partition coefficient (Wildman–Crippen LogP) is 3.78. The summed E-state index contributed by atoms with van der Waals surface area (Å²) < 4.78 is 0. The molecule has 0 radical (unpaired) electrons. The quantitative estimate of drug-likeness (QED) is 0.933. The van der Waals surface area contributed by atoms with Gasteiger partial charge in [-0.3, -0.25) is 0 Å². The van der Waals surface area contributed by atoms with E-state index in [1.165, 1.54) is 12.8 Å². The number of benzene rings is 1. The minimum Gasteiger partial charge on any atom is -0.356 e. The molecule has 1 aromatic heterocycles. The zero-order chi connectivity index (χ0) is 13.9. The van der Waals surface area contributed by atoms with Crippen LogP contribution < -0.4 is 10.2 Å². The monoisotopic (exact) mass is 288 g/mol. The van der Waals surface area contributed by atoms with Crippen LogP contribution >= 0.6 is 11.6 Å². The smallest absolute Gasteiger partial charge is 0.229 e. The number of aromatic nitrogens is 2. The van der Waals surface area contributed by atoms with Crippen LogP contribution in [-0.2, 0) is 0 Å². The average Bonchev–Trinajstić information content (AvgIpc) is 2.97. The van der Waals surface area contributed by atoms with E-state index in [-0.39, 0.29) is 0 Å². The fraction of sp³-hybridized carbons (Fsp3) is 0.333. The number of rotatable bonds is 3. The fourth-order valence-electron chi connectivity index (χ4n) is 2.38. The Morgan fingerprint density at radius 2 is 2.00 bits per heavy atom. The van der Waals surface area contributed by atoms with Crippen molar-refractivity contribution in [2.24, 2.45) is 0 Å². The second-order valence-corrected chi connectivity index (χ2v) is 5.45. The summed E-state index contributed by atoms with van der Waals surface area (Å²) in [6.45, 7) is 4.18. The molecule has 1 saturated heterocycles. The maximum absolute atomic E-state index is 6.03. The lowest BCUT2D eigenvalue weighted by Gasteiger charge is -2.17. The molecule has 0 spiro atoms. The summed E-state index contributed by atoms with van der Waals surface area (Å²) in [5.74, 6) is 1.60. The third-order valence-corrected chi connectivity index (χ3v) is 3.75. The molecule has 1 aliphatic rings. The van der Waals surface area contributed by atoms with Crippen LogP contribution in [0.5, 0.6) is 0 Å². The van der Waals surface area contributed by atoms with Gasteiger partial charge < -0.3 is 10.2 Å². The molecular weight excluding hydrogens is 272 g/mol. The normalized spacial score (nSPS) is 14.6. The third kappa shape index (κ3) is 2.85. The highest BCUT2D eigenvalue weighted by Crippen LogP contribution is 2.24. The van der Waals surface area contributed by atoms with Crippen LogP contribution in [0.15, 0.2) is 30.5 Å². The highest BCUT2D eigenvalue weighted by atomic mass is 35.5. The molecule has 0 atom stereocenters. The summed E-state index contributed by atoms with van der Waals surface area (Å²) in [4.78, 5) is 11.2. The van der Waals surface area contributed by atoms with Crippen molar-refractivity contribution < 1.29 is 0 Å². The number of nitrogens with zero attached hydrogens (tertiary/aromatic N) is 3. The van der Waals surface area contributed by atoms with Crippen molar-refractivity contribution in [2.45, 2.75) is 19.8 Å². The Balaban J connectivity index is 1.83. The van der Waals surface area contributed by atoms with Gasteiger partial charge in [-0.25, -0.2) is 4.98 Å². The van der Waals surface area contributed by atoms with Crippen molar-refractivity contribution in [3.63, 3.8) is 0 Å². The standard InChI is InChI=1S/C15H17ClN4/c1-11-4-5-12(16)10-13(11)18-15-17-7-6-14(19-15)20-8-2-3-9-20/h4-7,10H,2-3,8-9H2,1H3,(H,17,18,19). The number of anilines is 3. The number of halogens is 1. The van der Waals surface area contributed by atoms with Crippen molar-refractivity contribution in [3.8, 4) is 0 Å². The summed E-state index contributed by atoms with van der Waals surface area (Å²) in [5.41, 5.74) is 2.06. The molecular formula is C15H17ClN4. The third-order valence-electron chi connectivity index (χ3n) is 3.52. The van der Waals surface area contributed by atoms with Gasteiger partial charge in [0.15, 0.2) is 0 Å². The molecule has 1 fully saturated rings. The van der Waals surface area contributed by atoms with Crippen LogP contribution in [0.25, 0.3) is 0 Å². The molecule has 0 bridgehead atoms. The largest absolute Gasteiger partial charge is 0.356 e. The molecule has 0 saturated carbocycles. The first-order valence-electron chi connectivity index (χ1n) is 6.83. The Labute approximate surface area is 123 Å². The van der Waals surface area contributed by atoms with E-state index < -0.39 is 0 Å². The molecule has 1 N–H and O–H groups in total. The molecule has 2 aromatic rings. The van der Waals surface area contributed by atoms with Gasteiger partial charge >= 0.3 is 0 Å². The summed E-state index contributed by atoms with van der Waals surface area (Å²) in [6, 6.07) is 7.71. The van der Waals surface area contributed by atoms with Crippen molar-refractivity contribution in [1.29, 1.82) is 0 Å². The maximum Gasteiger partial charge on any atom is 0.229 e. The van der Waals surface area contributed by atoms with E-state index in [1.54, 1.807) is 6.20 Å². The van der Waals surface area contributed by atoms with E-state index in [2.05, 4.69) is 20.2 Å². The highest BCUT2D eigenvalue weighted by Gasteiger charge is 2.14. The first kappa shape index (κ1) is 13.2. The summed E-state index contributed by atoms with van der Waals surface area (Å²) in [7, 11) is 0. The molecule has 1 aliphatic heterocycles. The zero-order valence-corrected chi connectivity index (χ0v) is 12.2. The van der Waals surface area contributed by atoms with Crippen molar-refractivity contribution in [2.75, 3.05) is 23.3 Å². The second-order valence-electron chi connectivity index (χ2n) is 5.02. The highest BCUT2D eigenvalue weighted by molar-refractivity contribution is 6.30. The lowest BCUT2D eigenvalue weighted by atomic mass is 10.2. The topological polar surface area (TPSA) is 41.1 Å². The molecule has 20 heavy (non-hydrogen) atoms. The van der Waals surface area contributed by atoms with Gasteiger partial charge in [0.1, 0.15) is 5.82 Å². The van der Waals surface area contributed by atoms with Gasteiger partial charge in [0.05, 0.1) is 0 Å². The SMILES string of the molecule is Cc1ccc(Cl)cc1Nc1nccc(N2CCCC2)n1. The van der Waals surface area contributed by atoms with Crippen molar-refractivity contribution >= 4 is 29.1 Å². The van der Waals surface area contributed by atoms with E-state index >= 15 is 0 Å². The number of hydrogen-bond acceptors (Lipinski definition) is 4. The summed E-state index contributed by atoms with van der Waals surface area (Å²) in [6.07, 6.45) is 4.27. The number of aryl methyl sites for hydroxylation is 1.